The van der Waals surface area contributed by atoms with Crippen LogP contribution >= 0.6 is 11.3 Å². The molecule has 3 aromatic rings. The molecule has 1 amide bonds. The lowest BCUT2D eigenvalue weighted by atomic mass is 10.0. The Balaban J connectivity index is 1.54. The number of amides is 1. The molecule has 2 heterocycles. The van der Waals surface area contributed by atoms with Crippen LogP contribution in [0.1, 0.15) is 58.9 Å². The van der Waals surface area contributed by atoms with E-state index in [1.165, 1.54) is 35.1 Å². The quantitative estimate of drug-likeness (QED) is 0.685. The molecule has 2 aromatic heterocycles. The lowest BCUT2D eigenvalue weighted by Crippen LogP contribution is -2.11. The van der Waals surface area contributed by atoms with E-state index in [-0.39, 0.29) is 5.91 Å². The number of rotatable bonds is 3. The summed E-state index contributed by atoms with van der Waals surface area (Å²) in [5.41, 5.74) is 2.30. The molecule has 1 aromatic carbocycles. The zero-order chi connectivity index (χ0) is 18.1. The van der Waals surface area contributed by atoms with Crippen LogP contribution in [-0.4, -0.2) is 20.9 Å². The molecule has 136 valence electrons. The molecule has 2 N–H and O–H groups in total. The number of carbonyl (C=O) groups excluding carboxylic acids is 1. The van der Waals surface area contributed by atoms with Crippen LogP contribution in [-0.2, 0) is 12.8 Å². The van der Waals surface area contributed by atoms with E-state index in [0.717, 1.165) is 31.4 Å². The first-order valence-electron chi connectivity index (χ1n) is 8.68. The number of anilines is 1. The van der Waals surface area contributed by atoms with Gasteiger partial charge in [-0.05, 0) is 43.9 Å². The Kier molecular flexibility index (Phi) is 4.67. The third-order valence-corrected chi connectivity index (χ3v) is 5.61. The lowest BCUT2D eigenvalue weighted by Gasteiger charge is -2.06. The first-order valence-corrected chi connectivity index (χ1v) is 9.49. The Bertz CT molecular complexity index is 924. The van der Waals surface area contributed by atoms with Gasteiger partial charge in [-0.15, -0.1) is 11.3 Å². The van der Waals surface area contributed by atoms with Crippen molar-refractivity contribution in [2.45, 2.75) is 45.0 Å². The average Bonchev–Trinajstić information content (AvgIpc) is 3.18. The van der Waals surface area contributed by atoms with Crippen molar-refractivity contribution in [1.82, 2.24) is 15.0 Å². The van der Waals surface area contributed by atoms with E-state index in [1.54, 1.807) is 12.1 Å². The minimum absolute atomic E-state index is 0.304. The Morgan fingerprint density at radius 2 is 1.96 bits per heavy atom. The molecule has 1 aliphatic carbocycles. The average molecular weight is 376 g/mol. The van der Waals surface area contributed by atoms with E-state index in [2.05, 4.69) is 20.3 Å². The smallest absolute Gasteiger partial charge is 0.295 e. The van der Waals surface area contributed by atoms with Gasteiger partial charge < -0.3 is 4.98 Å². The van der Waals surface area contributed by atoms with Crippen LogP contribution < -0.4 is 5.32 Å². The number of aryl methyl sites for hydroxylation is 2. The molecule has 0 atom stereocenters. The van der Waals surface area contributed by atoms with E-state index >= 15 is 0 Å². The third kappa shape index (κ3) is 3.46. The fraction of sp³-hybridized carbons (Fsp3) is 0.389. The van der Waals surface area contributed by atoms with Gasteiger partial charge in [-0.3, -0.25) is 10.1 Å². The molecule has 0 radical (unpaired) electrons. The van der Waals surface area contributed by atoms with Gasteiger partial charge in [-0.2, -0.15) is 0 Å². The molecule has 0 saturated carbocycles. The number of nitrogens with zero attached hydrogens (tertiary/aromatic N) is 2. The Hall–Kier alpha value is -2.35. The number of hydrogen-bond donors (Lipinski definition) is 2. The van der Waals surface area contributed by atoms with Gasteiger partial charge in [0.05, 0.1) is 16.7 Å². The summed E-state index contributed by atoms with van der Waals surface area (Å²) < 4.78 is 25.5. The van der Waals surface area contributed by atoms with Crippen molar-refractivity contribution >= 4 is 33.4 Å². The fourth-order valence-electron chi connectivity index (χ4n) is 3.20. The molecular weight excluding hydrogens is 358 g/mol. The van der Waals surface area contributed by atoms with Gasteiger partial charge in [0.25, 0.3) is 12.3 Å². The van der Waals surface area contributed by atoms with Crippen molar-refractivity contribution in [3.63, 3.8) is 0 Å². The molecule has 1 aliphatic rings. The zero-order valence-corrected chi connectivity index (χ0v) is 14.8. The van der Waals surface area contributed by atoms with Crippen LogP contribution in [0.5, 0.6) is 0 Å². The number of carbonyl (C=O) groups is 1. The van der Waals surface area contributed by atoms with Gasteiger partial charge in [0.15, 0.2) is 11.0 Å². The Labute approximate surface area is 152 Å². The molecule has 26 heavy (non-hydrogen) atoms. The van der Waals surface area contributed by atoms with Gasteiger partial charge in [-0.25, -0.2) is 18.7 Å². The Morgan fingerprint density at radius 3 is 2.77 bits per heavy atom. The van der Waals surface area contributed by atoms with E-state index in [4.69, 9.17) is 0 Å². The summed E-state index contributed by atoms with van der Waals surface area (Å²) >= 11 is 1.53. The molecule has 0 fully saturated rings. The topological polar surface area (TPSA) is 70.7 Å². The normalized spacial score (nSPS) is 14.9. The molecular formula is C18H18F2N4OS. The van der Waals surface area contributed by atoms with E-state index in [1.807, 2.05) is 0 Å². The standard InChI is InChI=1S/C18H18F2N4OS/c19-15(20)16-21-11-8-7-10(9-13(11)22-16)17(25)24-18-23-12-5-3-1-2-4-6-14(12)26-18/h7-9,15H,1-6H2,(H,21,22)(H,23,24,25). The maximum absolute atomic E-state index is 12.7. The highest BCUT2D eigenvalue weighted by Gasteiger charge is 2.17. The van der Waals surface area contributed by atoms with Crippen molar-refractivity contribution < 1.29 is 13.6 Å². The van der Waals surface area contributed by atoms with Crippen molar-refractivity contribution in [1.29, 1.82) is 0 Å². The summed E-state index contributed by atoms with van der Waals surface area (Å²) in [4.78, 5) is 24.7. The number of thiazole rings is 1. The molecule has 8 heteroatoms. The second-order valence-corrected chi connectivity index (χ2v) is 7.50. The van der Waals surface area contributed by atoms with E-state index < -0.39 is 12.2 Å². The molecule has 5 nitrogen and oxygen atoms in total. The maximum atomic E-state index is 12.7. The van der Waals surface area contributed by atoms with Gasteiger partial charge in [-0.1, -0.05) is 12.8 Å². The van der Waals surface area contributed by atoms with Gasteiger partial charge in [0.2, 0.25) is 0 Å². The van der Waals surface area contributed by atoms with Crippen LogP contribution in [0.3, 0.4) is 0 Å². The summed E-state index contributed by atoms with van der Waals surface area (Å²) in [6.45, 7) is 0. The number of fused-ring (bicyclic) bond motifs is 2. The van der Waals surface area contributed by atoms with E-state index in [0.29, 0.717) is 21.7 Å². The summed E-state index contributed by atoms with van der Waals surface area (Å²) in [7, 11) is 0. The van der Waals surface area contributed by atoms with Gasteiger partial charge >= 0.3 is 0 Å². The monoisotopic (exact) mass is 376 g/mol. The number of aromatic nitrogens is 3. The minimum Gasteiger partial charge on any atom is -0.337 e. The fourth-order valence-corrected chi connectivity index (χ4v) is 4.25. The van der Waals surface area contributed by atoms with Crippen LogP contribution in [0.4, 0.5) is 13.9 Å². The summed E-state index contributed by atoms with van der Waals surface area (Å²) in [6.07, 6.45) is 4.05. The summed E-state index contributed by atoms with van der Waals surface area (Å²) in [5, 5.41) is 3.43. The Morgan fingerprint density at radius 1 is 1.15 bits per heavy atom. The molecule has 0 unspecified atom stereocenters. The number of hydrogen-bond acceptors (Lipinski definition) is 4. The van der Waals surface area contributed by atoms with Crippen molar-refractivity contribution in [2.24, 2.45) is 0 Å². The van der Waals surface area contributed by atoms with E-state index in [9.17, 15) is 13.6 Å². The SMILES string of the molecule is O=C(Nc1nc2c(s1)CCCCCC2)c1ccc2nc(C(F)F)[nH]c2c1. The maximum Gasteiger partial charge on any atom is 0.295 e. The van der Waals surface area contributed by atoms with Crippen molar-refractivity contribution in [2.75, 3.05) is 5.32 Å². The zero-order valence-electron chi connectivity index (χ0n) is 14.0. The summed E-state index contributed by atoms with van der Waals surface area (Å²) in [6, 6.07) is 4.68. The second-order valence-electron chi connectivity index (χ2n) is 6.41. The van der Waals surface area contributed by atoms with Crippen LogP contribution in [0.2, 0.25) is 0 Å². The highest BCUT2D eigenvalue weighted by Crippen LogP contribution is 2.29. The highest BCUT2D eigenvalue weighted by molar-refractivity contribution is 7.15. The number of H-pyrrole nitrogens is 1. The summed E-state index contributed by atoms with van der Waals surface area (Å²) in [5.74, 6) is -0.695. The molecule has 0 saturated heterocycles. The second kappa shape index (κ2) is 7.11. The lowest BCUT2D eigenvalue weighted by molar-refractivity contribution is 0.102. The third-order valence-electron chi connectivity index (χ3n) is 4.54. The molecule has 0 spiro atoms. The van der Waals surface area contributed by atoms with Crippen LogP contribution in [0.25, 0.3) is 11.0 Å². The molecule has 0 aliphatic heterocycles. The number of aromatic amines is 1. The molecule has 4 rings (SSSR count). The predicted molar refractivity (Wildman–Crippen MR) is 97.0 cm³/mol. The number of halogens is 2. The van der Waals surface area contributed by atoms with Gasteiger partial charge in [0.1, 0.15) is 0 Å². The van der Waals surface area contributed by atoms with Gasteiger partial charge in [0, 0.05) is 10.4 Å². The van der Waals surface area contributed by atoms with Crippen molar-refractivity contribution in [3.8, 4) is 0 Å². The van der Waals surface area contributed by atoms with Crippen LogP contribution in [0, 0.1) is 0 Å². The first-order chi connectivity index (χ1) is 12.6. The van der Waals surface area contributed by atoms with Crippen LogP contribution in [0.15, 0.2) is 18.2 Å². The van der Waals surface area contributed by atoms with Crippen molar-refractivity contribution in [3.05, 3.63) is 40.2 Å². The predicted octanol–water partition coefficient (Wildman–Crippen LogP) is 4.87. The number of imidazole rings is 1. The highest BCUT2D eigenvalue weighted by atomic mass is 32.1. The minimum atomic E-state index is -2.67. The first kappa shape index (κ1) is 17.1. The number of benzene rings is 1. The largest absolute Gasteiger partial charge is 0.337 e. The molecule has 0 bridgehead atoms. The number of nitrogens with one attached hydrogen (secondary N) is 2. The number of alkyl halides is 2.